The maximum absolute atomic E-state index is 10.7. The van der Waals surface area contributed by atoms with Crippen LogP contribution in [0.25, 0.3) is 0 Å². The molecule has 0 amide bonds. The molecule has 0 aliphatic carbocycles. The van der Waals surface area contributed by atoms with E-state index in [-0.39, 0.29) is 5.75 Å². The Labute approximate surface area is 126 Å². The summed E-state index contributed by atoms with van der Waals surface area (Å²) in [5, 5.41) is 22.0. The Kier molecular flexibility index (Phi) is 5.60. The third-order valence-corrected chi connectivity index (χ3v) is 4.48. The van der Waals surface area contributed by atoms with Crippen LogP contribution >= 0.6 is 23.1 Å². The molecule has 0 fully saturated rings. The van der Waals surface area contributed by atoms with E-state index in [0.717, 1.165) is 31.6 Å². The topological polar surface area (TPSA) is 68.0 Å². The van der Waals surface area contributed by atoms with Gasteiger partial charge in [-0.2, -0.15) is 11.3 Å². The Morgan fingerprint density at radius 2 is 2.30 bits per heavy atom. The number of carbonyl (C=O) groups is 1. The first-order chi connectivity index (χ1) is 9.70. The zero-order valence-electron chi connectivity index (χ0n) is 11.3. The van der Waals surface area contributed by atoms with Crippen molar-refractivity contribution >= 4 is 29.1 Å². The Hall–Kier alpha value is -1.34. The maximum atomic E-state index is 10.7. The molecule has 2 aromatic heterocycles. The summed E-state index contributed by atoms with van der Waals surface area (Å²) in [4.78, 5) is 10.7. The van der Waals surface area contributed by atoms with Crippen molar-refractivity contribution in [2.24, 2.45) is 0 Å². The number of aromatic nitrogens is 3. The molecular formula is C13H17N3O2S2. The number of rotatable bonds is 8. The van der Waals surface area contributed by atoms with E-state index in [4.69, 9.17) is 5.11 Å². The van der Waals surface area contributed by atoms with Gasteiger partial charge in [0.2, 0.25) is 0 Å². The Morgan fingerprint density at radius 3 is 2.95 bits per heavy atom. The standard InChI is InChI=1S/C13H17N3O2S2/c1-2-3-11-14-15-13(20-9-12(17)18)16(11)6-4-10-5-7-19-8-10/h5,7-8H,2-4,6,9H2,1H3,(H,17,18). The summed E-state index contributed by atoms with van der Waals surface area (Å²) in [5.41, 5.74) is 1.29. The van der Waals surface area contributed by atoms with Crippen LogP contribution in [-0.4, -0.2) is 31.6 Å². The summed E-state index contributed by atoms with van der Waals surface area (Å²) >= 11 is 2.92. The average Bonchev–Trinajstić information content (AvgIpc) is 3.04. The zero-order chi connectivity index (χ0) is 14.4. The third kappa shape index (κ3) is 4.08. The van der Waals surface area contributed by atoms with Gasteiger partial charge in [-0.1, -0.05) is 18.7 Å². The summed E-state index contributed by atoms with van der Waals surface area (Å²) in [6, 6.07) is 2.11. The van der Waals surface area contributed by atoms with Gasteiger partial charge in [-0.05, 0) is 35.2 Å². The highest BCUT2D eigenvalue weighted by Gasteiger charge is 2.13. The first kappa shape index (κ1) is 15.1. The third-order valence-electron chi connectivity index (χ3n) is 2.80. The minimum atomic E-state index is -0.834. The van der Waals surface area contributed by atoms with Gasteiger partial charge in [0.05, 0.1) is 5.75 Å². The Morgan fingerprint density at radius 1 is 1.45 bits per heavy atom. The maximum Gasteiger partial charge on any atom is 0.313 e. The Bertz CT molecular complexity index is 552. The molecule has 2 rings (SSSR count). The van der Waals surface area contributed by atoms with Gasteiger partial charge in [0.1, 0.15) is 5.82 Å². The van der Waals surface area contributed by atoms with Crippen LogP contribution in [-0.2, 0) is 24.2 Å². The summed E-state index contributed by atoms with van der Waals surface area (Å²) < 4.78 is 2.05. The summed E-state index contributed by atoms with van der Waals surface area (Å²) in [6.07, 6.45) is 2.78. The first-order valence-electron chi connectivity index (χ1n) is 6.48. The van der Waals surface area contributed by atoms with Gasteiger partial charge in [-0.15, -0.1) is 10.2 Å². The van der Waals surface area contributed by atoms with Crippen molar-refractivity contribution < 1.29 is 9.90 Å². The van der Waals surface area contributed by atoms with Crippen LogP contribution in [0.4, 0.5) is 0 Å². The van der Waals surface area contributed by atoms with Crippen LogP contribution < -0.4 is 0 Å². The van der Waals surface area contributed by atoms with Gasteiger partial charge in [0.15, 0.2) is 5.16 Å². The molecule has 0 unspecified atom stereocenters. The highest BCUT2D eigenvalue weighted by Crippen LogP contribution is 2.19. The van der Waals surface area contributed by atoms with Crippen molar-refractivity contribution in [3.63, 3.8) is 0 Å². The monoisotopic (exact) mass is 311 g/mol. The minimum Gasteiger partial charge on any atom is -0.481 e. The van der Waals surface area contributed by atoms with Crippen LogP contribution in [0.3, 0.4) is 0 Å². The fraction of sp³-hybridized carbons (Fsp3) is 0.462. The molecule has 2 heterocycles. The quantitative estimate of drug-likeness (QED) is 0.759. The number of hydrogen-bond acceptors (Lipinski definition) is 5. The molecule has 5 nitrogen and oxygen atoms in total. The molecule has 2 aromatic rings. The minimum absolute atomic E-state index is 0.0166. The first-order valence-corrected chi connectivity index (χ1v) is 8.41. The zero-order valence-corrected chi connectivity index (χ0v) is 12.9. The summed E-state index contributed by atoms with van der Waals surface area (Å²) in [6.45, 7) is 2.89. The molecule has 20 heavy (non-hydrogen) atoms. The molecule has 0 saturated heterocycles. The SMILES string of the molecule is CCCc1nnc(SCC(=O)O)n1CCc1ccsc1. The lowest BCUT2D eigenvalue weighted by Crippen LogP contribution is -2.08. The fourth-order valence-electron chi connectivity index (χ4n) is 1.86. The molecule has 108 valence electrons. The predicted molar refractivity (Wildman–Crippen MR) is 80.4 cm³/mol. The van der Waals surface area contributed by atoms with Crippen molar-refractivity contribution in [2.45, 2.75) is 37.9 Å². The number of carboxylic acids is 1. The number of aryl methyl sites for hydroxylation is 2. The van der Waals surface area contributed by atoms with Crippen LogP contribution in [0.15, 0.2) is 22.0 Å². The van der Waals surface area contributed by atoms with E-state index >= 15 is 0 Å². The van der Waals surface area contributed by atoms with Gasteiger partial charge in [0.25, 0.3) is 0 Å². The largest absolute Gasteiger partial charge is 0.481 e. The second-order valence-electron chi connectivity index (χ2n) is 4.36. The van der Waals surface area contributed by atoms with Crippen molar-refractivity contribution in [1.82, 2.24) is 14.8 Å². The van der Waals surface area contributed by atoms with Gasteiger partial charge >= 0.3 is 5.97 Å². The number of nitrogens with zero attached hydrogens (tertiary/aromatic N) is 3. The fourth-order valence-corrected chi connectivity index (χ4v) is 3.27. The van der Waals surface area contributed by atoms with Crippen molar-refractivity contribution in [3.8, 4) is 0 Å². The molecule has 0 saturated carbocycles. The smallest absolute Gasteiger partial charge is 0.313 e. The van der Waals surface area contributed by atoms with Gasteiger partial charge in [-0.3, -0.25) is 4.79 Å². The van der Waals surface area contributed by atoms with Gasteiger partial charge < -0.3 is 9.67 Å². The molecule has 0 spiro atoms. The molecule has 0 aromatic carbocycles. The molecular weight excluding hydrogens is 294 g/mol. The second kappa shape index (κ2) is 7.44. The van der Waals surface area contributed by atoms with Crippen LogP contribution in [0.5, 0.6) is 0 Å². The van der Waals surface area contributed by atoms with Crippen LogP contribution in [0.2, 0.25) is 0 Å². The molecule has 1 N–H and O–H groups in total. The highest BCUT2D eigenvalue weighted by atomic mass is 32.2. The lowest BCUT2D eigenvalue weighted by atomic mass is 10.2. The second-order valence-corrected chi connectivity index (χ2v) is 6.09. The summed E-state index contributed by atoms with van der Waals surface area (Å²) in [7, 11) is 0. The van der Waals surface area contributed by atoms with E-state index in [1.165, 1.54) is 17.3 Å². The van der Waals surface area contributed by atoms with E-state index in [1.54, 1.807) is 11.3 Å². The average molecular weight is 311 g/mol. The van der Waals surface area contributed by atoms with Crippen molar-refractivity contribution in [3.05, 3.63) is 28.2 Å². The van der Waals surface area contributed by atoms with E-state index in [1.807, 2.05) is 0 Å². The normalized spacial score (nSPS) is 10.8. The van der Waals surface area contributed by atoms with E-state index in [2.05, 4.69) is 38.5 Å². The Balaban J connectivity index is 2.09. The predicted octanol–water partition coefficient (Wildman–Crippen LogP) is 2.71. The number of carboxylic acid groups (broad SMARTS) is 1. The lowest BCUT2D eigenvalue weighted by molar-refractivity contribution is -0.133. The van der Waals surface area contributed by atoms with Crippen LogP contribution in [0, 0.1) is 0 Å². The molecule has 0 bridgehead atoms. The number of thiophene rings is 1. The molecule has 0 radical (unpaired) electrons. The van der Waals surface area contributed by atoms with Gasteiger partial charge in [0, 0.05) is 13.0 Å². The van der Waals surface area contributed by atoms with E-state index in [0.29, 0.717) is 5.16 Å². The van der Waals surface area contributed by atoms with Crippen molar-refractivity contribution in [2.75, 3.05) is 5.75 Å². The van der Waals surface area contributed by atoms with E-state index < -0.39 is 5.97 Å². The van der Waals surface area contributed by atoms with E-state index in [9.17, 15) is 4.79 Å². The summed E-state index contributed by atoms with van der Waals surface area (Å²) in [5.74, 6) is 0.123. The highest BCUT2D eigenvalue weighted by molar-refractivity contribution is 7.99. The van der Waals surface area contributed by atoms with Gasteiger partial charge in [-0.25, -0.2) is 0 Å². The molecule has 0 aliphatic heterocycles. The number of aliphatic carboxylic acids is 1. The molecule has 0 aliphatic rings. The number of hydrogen-bond donors (Lipinski definition) is 1. The molecule has 0 atom stereocenters. The number of thioether (sulfide) groups is 1. The van der Waals surface area contributed by atoms with Crippen molar-refractivity contribution in [1.29, 1.82) is 0 Å². The van der Waals surface area contributed by atoms with Crippen LogP contribution in [0.1, 0.15) is 24.7 Å². The molecule has 7 heteroatoms. The lowest BCUT2D eigenvalue weighted by Gasteiger charge is -2.08.